The summed E-state index contributed by atoms with van der Waals surface area (Å²) >= 11 is 0. The van der Waals surface area contributed by atoms with E-state index in [1.165, 1.54) is 19.3 Å². The zero-order valence-corrected chi connectivity index (χ0v) is 11.7. The van der Waals surface area contributed by atoms with Crippen LogP contribution in [0.2, 0.25) is 0 Å². The van der Waals surface area contributed by atoms with Crippen molar-refractivity contribution in [2.24, 2.45) is 23.5 Å². The summed E-state index contributed by atoms with van der Waals surface area (Å²) in [7, 11) is 0. The summed E-state index contributed by atoms with van der Waals surface area (Å²) in [5, 5.41) is 0. The van der Waals surface area contributed by atoms with E-state index < -0.39 is 0 Å². The van der Waals surface area contributed by atoms with Gasteiger partial charge >= 0.3 is 0 Å². The maximum atomic E-state index is 12.1. The molecule has 0 aromatic carbocycles. The zero-order valence-electron chi connectivity index (χ0n) is 10.9. The number of carbonyl (C=O) groups is 1. The first-order chi connectivity index (χ1) is 7.58. The van der Waals surface area contributed by atoms with Crippen LogP contribution in [0.25, 0.3) is 0 Å². The van der Waals surface area contributed by atoms with Gasteiger partial charge in [0.2, 0.25) is 5.91 Å². The fraction of sp³-hybridized carbons (Fsp3) is 0.923. The highest BCUT2D eigenvalue weighted by atomic mass is 35.5. The summed E-state index contributed by atoms with van der Waals surface area (Å²) < 4.78 is 0. The monoisotopic (exact) mass is 260 g/mol. The Balaban J connectivity index is 0.00000144. The second-order valence-corrected chi connectivity index (χ2v) is 5.93. The van der Waals surface area contributed by atoms with Crippen molar-refractivity contribution in [2.45, 2.75) is 45.6 Å². The summed E-state index contributed by atoms with van der Waals surface area (Å²) in [4.78, 5) is 14.1. The summed E-state index contributed by atoms with van der Waals surface area (Å²) in [5.41, 5.74) is 5.96. The molecule has 2 unspecified atom stereocenters. The highest BCUT2D eigenvalue weighted by molar-refractivity contribution is 5.85. The van der Waals surface area contributed by atoms with Gasteiger partial charge < -0.3 is 10.6 Å². The molecule has 0 aromatic rings. The molecule has 1 aliphatic heterocycles. The second-order valence-electron chi connectivity index (χ2n) is 5.93. The average Bonchev–Trinajstić information content (AvgIpc) is 2.74. The van der Waals surface area contributed by atoms with E-state index in [0.29, 0.717) is 5.92 Å². The predicted molar refractivity (Wildman–Crippen MR) is 72.1 cm³/mol. The SMILES string of the molecule is CC(C)C[C@H](N)C(=O)N1CC2CCCC2C1.Cl. The maximum Gasteiger partial charge on any atom is 0.239 e. The Bertz CT molecular complexity index is 258. The maximum absolute atomic E-state index is 12.1. The van der Waals surface area contributed by atoms with Crippen molar-refractivity contribution in [3.05, 3.63) is 0 Å². The van der Waals surface area contributed by atoms with Gasteiger partial charge in [0.15, 0.2) is 0 Å². The third-order valence-corrected chi connectivity index (χ3v) is 4.08. The third kappa shape index (κ3) is 3.35. The molecule has 3 nitrogen and oxygen atoms in total. The van der Waals surface area contributed by atoms with Crippen molar-refractivity contribution in [3.8, 4) is 0 Å². The molecule has 2 fully saturated rings. The Hall–Kier alpha value is -0.280. The van der Waals surface area contributed by atoms with Crippen molar-refractivity contribution in [2.75, 3.05) is 13.1 Å². The summed E-state index contributed by atoms with van der Waals surface area (Å²) in [6.45, 7) is 6.17. The Morgan fingerprint density at radius 1 is 1.29 bits per heavy atom. The molecule has 4 heteroatoms. The van der Waals surface area contributed by atoms with E-state index in [1.807, 2.05) is 4.90 Å². The molecule has 0 bridgehead atoms. The number of hydrogen-bond donors (Lipinski definition) is 1. The molecule has 1 saturated heterocycles. The van der Waals surface area contributed by atoms with Crippen molar-refractivity contribution in [1.82, 2.24) is 4.90 Å². The van der Waals surface area contributed by atoms with Crippen LogP contribution >= 0.6 is 12.4 Å². The van der Waals surface area contributed by atoms with Gasteiger partial charge in [-0.25, -0.2) is 0 Å². The van der Waals surface area contributed by atoms with Crippen LogP contribution in [0.4, 0.5) is 0 Å². The van der Waals surface area contributed by atoms with E-state index in [0.717, 1.165) is 31.3 Å². The van der Waals surface area contributed by atoms with Crippen LogP contribution in [0.3, 0.4) is 0 Å². The van der Waals surface area contributed by atoms with Gasteiger partial charge in [0.25, 0.3) is 0 Å². The molecule has 17 heavy (non-hydrogen) atoms. The normalized spacial score (nSPS) is 29.1. The molecular formula is C13H25ClN2O. The Kier molecular flexibility index (Phi) is 5.26. The number of hydrogen-bond acceptors (Lipinski definition) is 2. The lowest BCUT2D eigenvalue weighted by molar-refractivity contribution is -0.132. The van der Waals surface area contributed by atoms with Gasteiger partial charge in [0, 0.05) is 13.1 Å². The molecule has 0 spiro atoms. The molecule has 2 N–H and O–H groups in total. The molecule has 3 atom stereocenters. The molecule has 2 rings (SSSR count). The van der Waals surface area contributed by atoms with Gasteiger partial charge in [-0.3, -0.25) is 4.79 Å². The third-order valence-electron chi connectivity index (χ3n) is 4.08. The number of halogens is 1. The van der Waals surface area contributed by atoms with Crippen LogP contribution in [0.5, 0.6) is 0 Å². The van der Waals surface area contributed by atoms with Gasteiger partial charge in [-0.15, -0.1) is 12.4 Å². The lowest BCUT2D eigenvalue weighted by Crippen LogP contribution is -2.43. The predicted octanol–water partition coefficient (Wildman–Crippen LogP) is 2.04. The number of nitrogens with two attached hydrogens (primary N) is 1. The first-order valence-electron chi connectivity index (χ1n) is 6.62. The molecular weight excluding hydrogens is 236 g/mol. The van der Waals surface area contributed by atoms with E-state index in [-0.39, 0.29) is 24.4 Å². The van der Waals surface area contributed by atoms with Crippen LogP contribution < -0.4 is 5.73 Å². The first-order valence-corrected chi connectivity index (χ1v) is 6.62. The number of fused-ring (bicyclic) bond motifs is 1. The Morgan fingerprint density at radius 3 is 2.29 bits per heavy atom. The van der Waals surface area contributed by atoms with Crippen molar-refractivity contribution in [1.29, 1.82) is 0 Å². The molecule has 1 aliphatic carbocycles. The summed E-state index contributed by atoms with van der Waals surface area (Å²) in [6, 6.07) is -0.279. The van der Waals surface area contributed by atoms with E-state index in [1.54, 1.807) is 0 Å². The van der Waals surface area contributed by atoms with E-state index in [9.17, 15) is 4.79 Å². The van der Waals surface area contributed by atoms with Gasteiger partial charge in [-0.05, 0) is 37.0 Å². The molecule has 0 aromatic heterocycles. The van der Waals surface area contributed by atoms with Crippen LogP contribution in [0, 0.1) is 17.8 Å². The summed E-state index contributed by atoms with van der Waals surface area (Å²) in [5.74, 6) is 2.23. The minimum absolute atomic E-state index is 0. The molecule has 1 saturated carbocycles. The molecule has 0 radical (unpaired) electrons. The zero-order chi connectivity index (χ0) is 11.7. The van der Waals surface area contributed by atoms with Crippen molar-refractivity contribution in [3.63, 3.8) is 0 Å². The van der Waals surface area contributed by atoms with Crippen LogP contribution in [0.15, 0.2) is 0 Å². The first kappa shape index (κ1) is 14.8. The van der Waals surface area contributed by atoms with Gasteiger partial charge in [-0.1, -0.05) is 20.3 Å². The van der Waals surface area contributed by atoms with Gasteiger partial charge in [0.1, 0.15) is 0 Å². The van der Waals surface area contributed by atoms with Crippen molar-refractivity contribution < 1.29 is 4.79 Å². The van der Waals surface area contributed by atoms with E-state index in [4.69, 9.17) is 5.73 Å². The Morgan fingerprint density at radius 2 is 1.82 bits per heavy atom. The second kappa shape index (κ2) is 6.05. The number of carbonyl (C=O) groups excluding carboxylic acids is 1. The highest BCUT2D eigenvalue weighted by Crippen LogP contribution is 2.37. The number of rotatable bonds is 3. The van der Waals surface area contributed by atoms with Crippen LogP contribution in [0.1, 0.15) is 39.5 Å². The van der Waals surface area contributed by atoms with Crippen LogP contribution in [-0.4, -0.2) is 29.9 Å². The van der Waals surface area contributed by atoms with Gasteiger partial charge in [0.05, 0.1) is 6.04 Å². The Labute approximate surface area is 111 Å². The lowest BCUT2D eigenvalue weighted by Gasteiger charge is -2.22. The quantitative estimate of drug-likeness (QED) is 0.844. The fourth-order valence-corrected chi connectivity index (χ4v) is 3.26. The fourth-order valence-electron chi connectivity index (χ4n) is 3.26. The average molecular weight is 261 g/mol. The molecule has 2 aliphatic rings. The van der Waals surface area contributed by atoms with E-state index in [2.05, 4.69) is 13.8 Å². The minimum Gasteiger partial charge on any atom is -0.341 e. The standard InChI is InChI=1S/C13H24N2O.ClH/c1-9(2)6-12(14)13(16)15-7-10-4-3-5-11(10)8-15;/h9-12H,3-8,14H2,1-2H3;1H/t10?,11?,12-;/m0./s1. The van der Waals surface area contributed by atoms with Gasteiger partial charge in [-0.2, -0.15) is 0 Å². The van der Waals surface area contributed by atoms with E-state index >= 15 is 0 Å². The number of nitrogens with zero attached hydrogens (tertiary/aromatic N) is 1. The topological polar surface area (TPSA) is 46.3 Å². The lowest BCUT2D eigenvalue weighted by atomic mass is 10.0. The minimum atomic E-state index is -0.279. The number of amides is 1. The largest absolute Gasteiger partial charge is 0.341 e. The van der Waals surface area contributed by atoms with Crippen LogP contribution in [-0.2, 0) is 4.79 Å². The van der Waals surface area contributed by atoms with Crippen molar-refractivity contribution >= 4 is 18.3 Å². The molecule has 1 heterocycles. The highest BCUT2D eigenvalue weighted by Gasteiger charge is 2.39. The molecule has 1 amide bonds. The number of likely N-dealkylation sites (tertiary alicyclic amines) is 1. The smallest absolute Gasteiger partial charge is 0.239 e. The molecule has 100 valence electrons. The summed E-state index contributed by atoms with van der Waals surface area (Å²) in [6.07, 6.45) is 4.79.